The van der Waals surface area contributed by atoms with E-state index in [1.807, 2.05) is 0 Å². The summed E-state index contributed by atoms with van der Waals surface area (Å²) in [6.45, 7) is 6.45. The first-order valence-electron chi connectivity index (χ1n) is 3.29. The van der Waals surface area contributed by atoms with Gasteiger partial charge < -0.3 is 9.47 Å². The Bertz CT molecular complexity index is 178. The third-order valence-electron chi connectivity index (χ3n) is 0.905. The van der Waals surface area contributed by atoms with Crippen molar-refractivity contribution in [3.05, 3.63) is 25.3 Å². The fraction of sp³-hybridized carbons (Fsp3) is 0.250. The van der Waals surface area contributed by atoms with Crippen molar-refractivity contribution in [1.29, 1.82) is 0 Å². The predicted octanol–water partition coefficient (Wildman–Crippen LogP) is 0.442. The average Bonchev–Trinajstić information content (AvgIpc) is 2.11. The Kier molecular flexibility index (Phi) is 10.2. The van der Waals surface area contributed by atoms with Crippen LogP contribution in [0.1, 0.15) is 0 Å². The van der Waals surface area contributed by atoms with E-state index >= 15 is 0 Å². The molecular formula is C8H10O4Zn. The molecule has 0 aliphatic heterocycles. The van der Waals surface area contributed by atoms with Crippen LogP contribution < -0.4 is 0 Å². The first-order chi connectivity index (χ1) is 5.70. The quantitative estimate of drug-likeness (QED) is 0.300. The fourth-order valence-corrected chi connectivity index (χ4v) is 0.402. The second-order valence-corrected chi connectivity index (χ2v) is 1.74. The van der Waals surface area contributed by atoms with Crippen LogP contribution in [0, 0.1) is 0 Å². The van der Waals surface area contributed by atoms with Crippen molar-refractivity contribution >= 4 is 11.9 Å². The summed E-state index contributed by atoms with van der Waals surface area (Å²) >= 11 is 0. The van der Waals surface area contributed by atoms with Crippen LogP contribution in [0.3, 0.4) is 0 Å². The molecule has 0 aromatic rings. The zero-order valence-electron chi connectivity index (χ0n) is 7.32. The van der Waals surface area contributed by atoms with Crippen molar-refractivity contribution in [1.82, 2.24) is 0 Å². The van der Waals surface area contributed by atoms with Gasteiger partial charge in [-0.15, -0.1) is 0 Å². The van der Waals surface area contributed by atoms with E-state index in [9.17, 15) is 9.59 Å². The van der Waals surface area contributed by atoms with E-state index in [1.54, 1.807) is 0 Å². The summed E-state index contributed by atoms with van der Waals surface area (Å²) in [6.07, 6.45) is 2.07. The predicted molar refractivity (Wildman–Crippen MR) is 42.3 cm³/mol. The van der Waals surface area contributed by atoms with Crippen molar-refractivity contribution in [2.45, 2.75) is 0 Å². The Balaban J connectivity index is 0. The summed E-state index contributed by atoms with van der Waals surface area (Å²) in [6, 6.07) is 0. The molecule has 68 valence electrons. The molecule has 0 spiro atoms. The third-order valence-corrected chi connectivity index (χ3v) is 0.905. The van der Waals surface area contributed by atoms with Crippen LogP contribution in [-0.4, -0.2) is 25.2 Å². The zero-order valence-corrected chi connectivity index (χ0v) is 10.3. The molecule has 0 heterocycles. The molecule has 5 heteroatoms. The standard InChI is InChI=1S/C8H10O4.Zn/c1-3-7(9)11-5-6-12-8(10)4-2;/h3-4H,1-2,5-6H2;. The van der Waals surface area contributed by atoms with E-state index in [4.69, 9.17) is 0 Å². The molecule has 0 aliphatic rings. The molecule has 13 heavy (non-hydrogen) atoms. The molecular weight excluding hydrogens is 225 g/mol. The van der Waals surface area contributed by atoms with Crippen LogP contribution in [0.4, 0.5) is 0 Å². The number of carbonyl (C=O) groups excluding carboxylic acids is 2. The minimum absolute atomic E-state index is 0. The minimum atomic E-state index is -0.537. The van der Waals surface area contributed by atoms with E-state index in [1.165, 1.54) is 0 Å². The number of hydrogen-bond acceptors (Lipinski definition) is 4. The Labute approximate surface area is 89.3 Å². The van der Waals surface area contributed by atoms with Gasteiger partial charge in [-0.1, -0.05) is 13.2 Å². The molecule has 0 N–H and O–H groups in total. The monoisotopic (exact) mass is 234 g/mol. The van der Waals surface area contributed by atoms with Gasteiger partial charge in [0.1, 0.15) is 13.2 Å². The maximum atomic E-state index is 10.4. The summed E-state index contributed by atoms with van der Waals surface area (Å²) in [5.41, 5.74) is 0. The fourth-order valence-electron chi connectivity index (χ4n) is 0.402. The van der Waals surface area contributed by atoms with Crippen molar-refractivity contribution in [2.24, 2.45) is 0 Å². The van der Waals surface area contributed by atoms with Gasteiger partial charge in [-0.2, -0.15) is 0 Å². The third kappa shape index (κ3) is 8.95. The van der Waals surface area contributed by atoms with Crippen LogP contribution in [0.2, 0.25) is 0 Å². The normalized spacial score (nSPS) is 7.69. The SMILES string of the molecule is C=CC(=O)OCCOC(=O)C=C.[Zn]. The second-order valence-electron chi connectivity index (χ2n) is 1.74. The van der Waals surface area contributed by atoms with Gasteiger partial charge in [-0.3, -0.25) is 0 Å². The number of esters is 2. The maximum absolute atomic E-state index is 10.4. The first kappa shape index (κ1) is 14.6. The molecule has 0 rings (SSSR count). The van der Waals surface area contributed by atoms with E-state index in [0.717, 1.165) is 12.2 Å². The maximum Gasteiger partial charge on any atom is 0.330 e. The molecule has 0 radical (unpaired) electrons. The Hall–Kier alpha value is -0.957. The second kappa shape index (κ2) is 9.13. The summed E-state index contributed by atoms with van der Waals surface area (Å²) in [4.78, 5) is 20.9. The number of rotatable bonds is 5. The van der Waals surface area contributed by atoms with E-state index in [0.29, 0.717) is 0 Å². The van der Waals surface area contributed by atoms with Gasteiger partial charge in [0.15, 0.2) is 0 Å². The van der Waals surface area contributed by atoms with Crippen LogP contribution in [-0.2, 0) is 38.5 Å². The van der Waals surface area contributed by atoms with Crippen molar-refractivity contribution in [2.75, 3.05) is 13.2 Å². The van der Waals surface area contributed by atoms with Crippen LogP contribution in [0.25, 0.3) is 0 Å². The molecule has 0 fully saturated rings. The van der Waals surface area contributed by atoms with Crippen LogP contribution >= 0.6 is 0 Å². The van der Waals surface area contributed by atoms with Gasteiger partial charge in [-0.05, 0) is 0 Å². The molecule has 0 unspecified atom stereocenters. The molecule has 0 atom stereocenters. The largest absolute Gasteiger partial charge is 0.459 e. The van der Waals surface area contributed by atoms with Gasteiger partial charge >= 0.3 is 11.9 Å². The van der Waals surface area contributed by atoms with Crippen LogP contribution in [0.15, 0.2) is 25.3 Å². The first-order valence-corrected chi connectivity index (χ1v) is 3.29. The van der Waals surface area contributed by atoms with Gasteiger partial charge in [0.05, 0.1) is 0 Å². The van der Waals surface area contributed by atoms with Gasteiger partial charge in [-0.25, -0.2) is 9.59 Å². The van der Waals surface area contributed by atoms with E-state index in [2.05, 4.69) is 22.6 Å². The number of ether oxygens (including phenoxy) is 2. The van der Waals surface area contributed by atoms with Crippen molar-refractivity contribution in [3.63, 3.8) is 0 Å². The number of carbonyl (C=O) groups is 2. The van der Waals surface area contributed by atoms with E-state index in [-0.39, 0.29) is 32.7 Å². The summed E-state index contributed by atoms with van der Waals surface area (Å²) in [5, 5.41) is 0. The molecule has 0 saturated heterocycles. The molecule has 0 bridgehead atoms. The minimum Gasteiger partial charge on any atom is -0.459 e. The van der Waals surface area contributed by atoms with E-state index < -0.39 is 11.9 Å². The smallest absolute Gasteiger partial charge is 0.330 e. The molecule has 0 aromatic heterocycles. The summed E-state index contributed by atoms with van der Waals surface area (Å²) in [7, 11) is 0. The summed E-state index contributed by atoms with van der Waals surface area (Å²) < 4.78 is 9.04. The number of hydrogen-bond donors (Lipinski definition) is 0. The zero-order chi connectivity index (χ0) is 9.40. The summed E-state index contributed by atoms with van der Waals surface area (Å²) in [5.74, 6) is -1.07. The molecule has 0 aliphatic carbocycles. The molecule has 0 aromatic carbocycles. The van der Waals surface area contributed by atoms with Gasteiger partial charge in [0, 0.05) is 31.6 Å². The van der Waals surface area contributed by atoms with Crippen molar-refractivity contribution in [3.8, 4) is 0 Å². The Morgan fingerprint density at radius 2 is 1.31 bits per heavy atom. The topological polar surface area (TPSA) is 52.6 Å². The molecule has 4 nitrogen and oxygen atoms in total. The van der Waals surface area contributed by atoms with Crippen molar-refractivity contribution < 1.29 is 38.5 Å². The Morgan fingerprint density at radius 1 is 1.00 bits per heavy atom. The Morgan fingerprint density at radius 3 is 1.54 bits per heavy atom. The average molecular weight is 236 g/mol. The molecule has 0 amide bonds. The van der Waals surface area contributed by atoms with Gasteiger partial charge in [0.2, 0.25) is 0 Å². The van der Waals surface area contributed by atoms with Crippen LogP contribution in [0.5, 0.6) is 0 Å². The molecule has 0 saturated carbocycles. The van der Waals surface area contributed by atoms with Gasteiger partial charge in [0.25, 0.3) is 0 Å².